The van der Waals surface area contributed by atoms with E-state index in [4.69, 9.17) is 10.5 Å². The van der Waals surface area contributed by atoms with Crippen molar-refractivity contribution in [3.05, 3.63) is 12.3 Å². The van der Waals surface area contributed by atoms with Gasteiger partial charge in [0.2, 0.25) is 0 Å². The highest BCUT2D eigenvalue weighted by Crippen LogP contribution is 2.22. The molecule has 1 amide bonds. The number of aromatic nitrogens is 2. The molecule has 0 spiro atoms. The second kappa shape index (κ2) is 5.95. The molecule has 0 radical (unpaired) electrons. The van der Waals surface area contributed by atoms with Gasteiger partial charge < -0.3 is 15.4 Å². The summed E-state index contributed by atoms with van der Waals surface area (Å²) < 4.78 is 7.13. The standard InChI is InChI=1S/C13H22N4O2/c1-10(2)9-19-13(18)16-6-3-11(4-7-16)17-8-5-12(14)15-17/h5,8,10-11H,3-4,6-7,9H2,1-2H3,(H2,14,15). The minimum absolute atomic E-state index is 0.202. The highest BCUT2D eigenvalue weighted by Gasteiger charge is 2.25. The first kappa shape index (κ1) is 13.7. The van der Waals surface area contributed by atoms with Crippen LogP contribution in [0.3, 0.4) is 0 Å². The van der Waals surface area contributed by atoms with Crippen molar-refractivity contribution < 1.29 is 9.53 Å². The van der Waals surface area contributed by atoms with Gasteiger partial charge in [0.25, 0.3) is 0 Å². The molecule has 0 saturated carbocycles. The third-order valence-corrected chi connectivity index (χ3v) is 3.27. The summed E-state index contributed by atoms with van der Waals surface area (Å²) in [4.78, 5) is 13.6. The predicted molar refractivity (Wildman–Crippen MR) is 72.7 cm³/mol. The molecule has 106 valence electrons. The molecule has 0 atom stereocenters. The number of carbonyl (C=O) groups excluding carboxylic acids is 1. The summed E-state index contributed by atoms with van der Waals surface area (Å²) in [7, 11) is 0. The Morgan fingerprint density at radius 3 is 2.74 bits per heavy atom. The van der Waals surface area contributed by atoms with Crippen molar-refractivity contribution in [1.82, 2.24) is 14.7 Å². The Morgan fingerprint density at radius 2 is 2.21 bits per heavy atom. The summed E-state index contributed by atoms with van der Waals surface area (Å²) in [5.74, 6) is 0.910. The van der Waals surface area contributed by atoms with E-state index in [1.807, 2.05) is 24.7 Å². The molecule has 2 heterocycles. The van der Waals surface area contributed by atoms with E-state index < -0.39 is 0 Å². The molecule has 1 aromatic heterocycles. The predicted octanol–water partition coefficient (Wildman–Crippen LogP) is 1.89. The molecule has 19 heavy (non-hydrogen) atoms. The highest BCUT2D eigenvalue weighted by molar-refractivity contribution is 5.67. The lowest BCUT2D eigenvalue weighted by Gasteiger charge is -2.31. The van der Waals surface area contributed by atoms with Gasteiger partial charge in [0.1, 0.15) is 5.82 Å². The van der Waals surface area contributed by atoms with Crippen molar-refractivity contribution in [3.63, 3.8) is 0 Å². The molecule has 6 nitrogen and oxygen atoms in total. The van der Waals surface area contributed by atoms with E-state index in [1.54, 1.807) is 11.0 Å². The lowest BCUT2D eigenvalue weighted by molar-refractivity contribution is 0.0789. The first-order chi connectivity index (χ1) is 9.06. The Bertz CT molecular complexity index is 422. The molecule has 0 bridgehead atoms. The van der Waals surface area contributed by atoms with E-state index in [0.717, 1.165) is 12.8 Å². The number of ether oxygens (including phenoxy) is 1. The Labute approximate surface area is 113 Å². The van der Waals surface area contributed by atoms with Gasteiger partial charge in [0.15, 0.2) is 0 Å². The average Bonchev–Trinajstić information content (AvgIpc) is 2.83. The number of rotatable bonds is 3. The zero-order valence-electron chi connectivity index (χ0n) is 11.6. The topological polar surface area (TPSA) is 73.4 Å². The Hall–Kier alpha value is -1.72. The molecule has 1 aliphatic heterocycles. The van der Waals surface area contributed by atoms with Gasteiger partial charge in [-0.05, 0) is 24.8 Å². The Kier molecular flexibility index (Phi) is 4.29. The van der Waals surface area contributed by atoms with E-state index >= 15 is 0 Å². The fourth-order valence-electron chi connectivity index (χ4n) is 2.20. The summed E-state index contributed by atoms with van der Waals surface area (Å²) in [6.07, 6.45) is 3.47. The lowest BCUT2D eigenvalue weighted by Crippen LogP contribution is -2.39. The van der Waals surface area contributed by atoms with E-state index in [9.17, 15) is 4.79 Å². The van der Waals surface area contributed by atoms with Gasteiger partial charge in [-0.25, -0.2) is 4.79 Å². The maximum atomic E-state index is 11.8. The molecule has 1 aromatic rings. The van der Waals surface area contributed by atoms with Gasteiger partial charge in [-0.2, -0.15) is 5.10 Å². The number of hydrogen-bond acceptors (Lipinski definition) is 4. The van der Waals surface area contributed by atoms with Gasteiger partial charge in [0, 0.05) is 19.3 Å². The molecule has 1 fully saturated rings. The number of piperidine rings is 1. The number of carbonyl (C=O) groups is 1. The number of nitrogen functional groups attached to an aromatic ring is 1. The van der Waals surface area contributed by atoms with Crippen molar-refractivity contribution in [2.75, 3.05) is 25.4 Å². The monoisotopic (exact) mass is 266 g/mol. The molecule has 0 aromatic carbocycles. The van der Waals surface area contributed by atoms with Crippen molar-refractivity contribution in [2.24, 2.45) is 5.92 Å². The molecule has 1 aliphatic rings. The molecular weight excluding hydrogens is 244 g/mol. The van der Waals surface area contributed by atoms with Crippen LogP contribution in [0.15, 0.2) is 12.3 Å². The fraction of sp³-hybridized carbons (Fsp3) is 0.692. The molecule has 2 N–H and O–H groups in total. The molecule has 0 aliphatic carbocycles. The van der Waals surface area contributed by atoms with Crippen LogP contribution in [0.25, 0.3) is 0 Å². The van der Waals surface area contributed by atoms with E-state index in [0.29, 0.717) is 37.5 Å². The van der Waals surface area contributed by atoms with Crippen LogP contribution in [-0.4, -0.2) is 40.5 Å². The zero-order valence-corrected chi connectivity index (χ0v) is 11.6. The molecule has 0 unspecified atom stereocenters. The smallest absolute Gasteiger partial charge is 0.409 e. The van der Waals surface area contributed by atoms with Crippen molar-refractivity contribution >= 4 is 11.9 Å². The Morgan fingerprint density at radius 1 is 1.53 bits per heavy atom. The summed E-state index contributed by atoms with van der Waals surface area (Å²) >= 11 is 0. The van der Waals surface area contributed by atoms with Crippen LogP contribution in [0.2, 0.25) is 0 Å². The quantitative estimate of drug-likeness (QED) is 0.906. The number of likely N-dealkylation sites (tertiary alicyclic amines) is 1. The van der Waals surface area contributed by atoms with Crippen LogP contribution >= 0.6 is 0 Å². The highest BCUT2D eigenvalue weighted by atomic mass is 16.6. The fourth-order valence-corrected chi connectivity index (χ4v) is 2.20. The number of nitrogens with two attached hydrogens (primary N) is 1. The zero-order chi connectivity index (χ0) is 13.8. The summed E-state index contributed by atoms with van der Waals surface area (Å²) in [6, 6.07) is 2.12. The SMILES string of the molecule is CC(C)COC(=O)N1CCC(n2ccc(N)n2)CC1. The van der Waals surface area contributed by atoms with Gasteiger partial charge in [-0.1, -0.05) is 13.8 Å². The lowest BCUT2D eigenvalue weighted by atomic mass is 10.1. The van der Waals surface area contributed by atoms with Crippen molar-refractivity contribution in [3.8, 4) is 0 Å². The summed E-state index contributed by atoms with van der Waals surface area (Å²) in [6.45, 7) is 5.96. The van der Waals surface area contributed by atoms with Gasteiger partial charge >= 0.3 is 6.09 Å². The van der Waals surface area contributed by atoms with Crippen molar-refractivity contribution in [1.29, 1.82) is 0 Å². The van der Waals surface area contributed by atoms with Crippen LogP contribution in [0.1, 0.15) is 32.7 Å². The number of nitrogens with zero attached hydrogens (tertiary/aromatic N) is 3. The van der Waals surface area contributed by atoms with E-state index in [2.05, 4.69) is 5.10 Å². The van der Waals surface area contributed by atoms with Gasteiger partial charge in [-0.3, -0.25) is 4.68 Å². The number of amides is 1. The Balaban J connectivity index is 1.80. The average molecular weight is 266 g/mol. The van der Waals surface area contributed by atoms with E-state index in [-0.39, 0.29) is 6.09 Å². The first-order valence-electron chi connectivity index (χ1n) is 6.78. The summed E-state index contributed by atoms with van der Waals surface area (Å²) in [5.41, 5.74) is 5.61. The number of hydrogen-bond donors (Lipinski definition) is 1. The van der Waals surface area contributed by atoms with Gasteiger partial charge in [-0.15, -0.1) is 0 Å². The molecule has 6 heteroatoms. The van der Waals surface area contributed by atoms with Crippen molar-refractivity contribution in [2.45, 2.75) is 32.7 Å². The molecular formula is C13H22N4O2. The van der Waals surface area contributed by atoms with E-state index in [1.165, 1.54) is 0 Å². The minimum atomic E-state index is -0.202. The summed E-state index contributed by atoms with van der Waals surface area (Å²) in [5, 5.41) is 4.22. The third-order valence-electron chi connectivity index (χ3n) is 3.27. The molecule has 2 rings (SSSR count). The molecule has 1 saturated heterocycles. The van der Waals surface area contributed by atoms with Crippen LogP contribution in [0.5, 0.6) is 0 Å². The third kappa shape index (κ3) is 3.62. The number of anilines is 1. The maximum Gasteiger partial charge on any atom is 0.409 e. The van der Waals surface area contributed by atoms with Crippen LogP contribution in [0.4, 0.5) is 10.6 Å². The van der Waals surface area contributed by atoms with Gasteiger partial charge in [0.05, 0.1) is 12.6 Å². The normalized spacial score (nSPS) is 16.9. The van der Waals surface area contributed by atoms with Crippen LogP contribution in [0, 0.1) is 5.92 Å². The maximum absolute atomic E-state index is 11.8. The second-order valence-electron chi connectivity index (χ2n) is 5.41. The first-order valence-corrected chi connectivity index (χ1v) is 6.78. The largest absolute Gasteiger partial charge is 0.449 e. The minimum Gasteiger partial charge on any atom is -0.449 e. The second-order valence-corrected chi connectivity index (χ2v) is 5.41. The van der Waals surface area contributed by atoms with Crippen LogP contribution < -0.4 is 5.73 Å². The van der Waals surface area contributed by atoms with Crippen LogP contribution in [-0.2, 0) is 4.74 Å².